The quantitative estimate of drug-likeness (QED) is 0.365. The zero-order valence-corrected chi connectivity index (χ0v) is 21.2. The van der Waals surface area contributed by atoms with Crippen molar-refractivity contribution in [1.29, 1.82) is 0 Å². The lowest BCUT2D eigenvalue weighted by Crippen LogP contribution is -2.48. The Hall–Kier alpha value is -1.33. The van der Waals surface area contributed by atoms with Gasteiger partial charge in [-0.3, -0.25) is 18.5 Å². The predicted molar refractivity (Wildman–Crippen MR) is 121 cm³/mol. The van der Waals surface area contributed by atoms with Crippen LogP contribution in [-0.2, 0) is 27.9 Å². The van der Waals surface area contributed by atoms with Gasteiger partial charge in [-0.1, -0.05) is 27.7 Å². The molecule has 7 unspecified atom stereocenters. The van der Waals surface area contributed by atoms with Gasteiger partial charge in [-0.15, -0.1) is 0 Å². The third-order valence-corrected chi connectivity index (χ3v) is 9.33. The van der Waals surface area contributed by atoms with Crippen LogP contribution < -0.4 is 11.2 Å². The first-order chi connectivity index (χ1) is 15.1. The molecule has 4 N–H and O–H groups in total. The number of aromatic nitrogens is 2. The molecule has 1 aromatic rings. The molecule has 0 saturated carbocycles. The zero-order chi connectivity index (χ0) is 25.5. The summed E-state index contributed by atoms with van der Waals surface area (Å²) in [6, 6.07) is 0. The minimum Gasteiger partial charge on any atom is -0.388 e. The monoisotopic (exact) mass is 492 g/mol. The van der Waals surface area contributed by atoms with Gasteiger partial charge in [0, 0.05) is 26.2 Å². The fourth-order valence-corrected chi connectivity index (χ4v) is 5.87. The Bertz CT molecular complexity index is 1010. The second-order valence-corrected chi connectivity index (χ2v) is 11.3. The largest absolute Gasteiger partial charge is 0.388 e. The lowest BCUT2D eigenvalue weighted by atomic mass is 9.79. The minimum atomic E-state index is -4.51. The minimum absolute atomic E-state index is 0.00196. The van der Waals surface area contributed by atoms with Crippen LogP contribution in [0.4, 0.5) is 0 Å². The molecule has 1 fully saturated rings. The van der Waals surface area contributed by atoms with Crippen LogP contribution in [0.1, 0.15) is 65.5 Å². The number of nitrogens with zero attached hydrogens (tertiary/aromatic N) is 2. The summed E-state index contributed by atoms with van der Waals surface area (Å²) in [6.07, 6.45) is -3.43. The maximum absolute atomic E-state index is 13.0. The molecule has 12 heteroatoms. The maximum Gasteiger partial charge on any atom is 0.359 e. The van der Waals surface area contributed by atoms with E-state index in [1.165, 1.54) is 31.8 Å². The number of hydrogen-bond donors (Lipinski definition) is 4. The van der Waals surface area contributed by atoms with Crippen molar-refractivity contribution in [2.75, 3.05) is 0 Å². The molecule has 7 atom stereocenters. The Morgan fingerprint density at radius 3 is 2.18 bits per heavy atom. The van der Waals surface area contributed by atoms with Gasteiger partial charge in [0.1, 0.15) is 18.3 Å². The second kappa shape index (κ2) is 9.73. The van der Waals surface area contributed by atoms with Gasteiger partial charge in [-0.05, 0) is 26.2 Å². The standard InChI is InChI=1S/C21H37N2O9P/c1-8-20(5,28)33(29,30)32-21(9-2,10-3)12(4)16-14(24)15(25)17(31-16)13-11-22(6)19(27)23(7)18(13)26/h11-12,14-17,24-25,28H,8-10H2,1-7H3,(H,29,30). The number of aryl methyl sites for hydroxylation is 1. The van der Waals surface area contributed by atoms with Crippen molar-refractivity contribution in [2.45, 2.75) is 89.2 Å². The molecular formula is C21H37N2O9P. The molecule has 1 aliphatic rings. The molecule has 0 bridgehead atoms. The first-order valence-corrected chi connectivity index (χ1v) is 12.7. The summed E-state index contributed by atoms with van der Waals surface area (Å²) >= 11 is 0. The molecule has 2 heterocycles. The molecule has 1 aliphatic heterocycles. The summed E-state index contributed by atoms with van der Waals surface area (Å²) in [6.45, 7) is 7.95. The summed E-state index contributed by atoms with van der Waals surface area (Å²) < 4.78 is 26.7. The number of hydrogen-bond acceptors (Lipinski definition) is 8. The molecule has 190 valence electrons. The fourth-order valence-electron chi connectivity index (χ4n) is 4.36. The van der Waals surface area contributed by atoms with Crippen LogP contribution in [0.15, 0.2) is 15.8 Å². The smallest absolute Gasteiger partial charge is 0.359 e. The van der Waals surface area contributed by atoms with Crippen molar-refractivity contribution in [1.82, 2.24) is 9.13 Å². The van der Waals surface area contributed by atoms with E-state index in [2.05, 4.69) is 0 Å². The Labute approximate surface area is 193 Å². The average Bonchev–Trinajstić information content (AvgIpc) is 3.06. The number of ether oxygens (including phenoxy) is 1. The van der Waals surface area contributed by atoms with Crippen molar-refractivity contribution in [3.8, 4) is 0 Å². The topological polar surface area (TPSA) is 160 Å². The van der Waals surface area contributed by atoms with Gasteiger partial charge in [-0.2, -0.15) is 0 Å². The van der Waals surface area contributed by atoms with Crippen LogP contribution in [0.3, 0.4) is 0 Å². The second-order valence-electron chi connectivity index (χ2n) is 9.09. The SMILES string of the molecule is CCC(CC)(OP(=O)(O)C(C)(O)CC)C(C)C1OC(c2cn(C)c(=O)n(C)c2=O)C(O)C1O. The van der Waals surface area contributed by atoms with Gasteiger partial charge >= 0.3 is 13.3 Å². The van der Waals surface area contributed by atoms with Gasteiger partial charge in [-0.25, -0.2) is 4.79 Å². The number of rotatable bonds is 9. The molecule has 0 aliphatic carbocycles. The molecule has 0 amide bonds. The number of aliphatic hydroxyl groups is 3. The van der Waals surface area contributed by atoms with E-state index >= 15 is 0 Å². The third-order valence-electron chi connectivity index (χ3n) is 7.18. The highest BCUT2D eigenvalue weighted by Crippen LogP contribution is 2.60. The lowest BCUT2D eigenvalue weighted by Gasteiger charge is -2.43. The van der Waals surface area contributed by atoms with E-state index in [-0.39, 0.29) is 24.8 Å². The molecular weight excluding hydrogens is 455 g/mol. The van der Waals surface area contributed by atoms with Gasteiger partial charge in [0.05, 0.1) is 17.3 Å². The van der Waals surface area contributed by atoms with Crippen LogP contribution in [0.2, 0.25) is 0 Å². The first kappa shape index (κ1) is 27.9. The predicted octanol–water partition coefficient (Wildman–Crippen LogP) is 0.761. The van der Waals surface area contributed by atoms with Gasteiger partial charge in [0.25, 0.3) is 5.56 Å². The molecule has 0 spiro atoms. The van der Waals surface area contributed by atoms with Crippen molar-refractivity contribution >= 4 is 7.60 Å². The molecule has 2 rings (SSSR count). The highest BCUT2D eigenvalue weighted by Gasteiger charge is 2.55. The molecule has 33 heavy (non-hydrogen) atoms. The Morgan fingerprint density at radius 1 is 1.15 bits per heavy atom. The molecule has 0 radical (unpaired) electrons. The first-order valence-electron chi connectivity index (χ1n) is 11.1. The zero-order valence-electron chi connectivity index (χ0n) is 20.3. The van der Waals surface area contributed by atoms with Crippen LogP contribution >= 0.6 is 7.60 Å². The van der Waals surface area contributed by atoms with Crippen LogP contribution in [-0.4, -0.2) is 58.6 Å². The van der Waals surface area contributed by atoms with Crippen molar-refractivity contribution < 1.29 is 34.0 Å². The Morgan fingerprint density at radius 2 is 1.70 bits per heavy atom. The highest BCUT2D eigenvalue weighted by molar-refractivity contribution is 7.54. The van der Waals surface area contributed by atoms with E-state index in [4.69, 9.17) is 9.26 Å². The normalized spacial score (nSPS) is 28.3. The summed E-state index contributed by atoms with van der Waals surface area (Å²) in [4.78, 5) is 35.2. The third kappa shape index (κ3) is 4.77. The van der Waals surface area contributed by atoms with E-state index in [0.29, 0.717) is 0 Å². The maximum atomic E-state index is 13.0. The van der Waals surface area contributed by atoms with Crippen molar-refractivity contribution in [3.63, 3.8) is 0 Å². The highest BCUT2D eigenvalue weighted by atomic mass is 31.2. The van der Waals surface area contributed by atoms with Gasteiger partial charge in [0.2, 0.25) is 0 Å². The van der Waals surface area contributed by atoms with Crippen LogP contribution in [0.25, 0.3) is 0 Å². The van der Waals surface area contributed by atoms with E-state index in [9.17, 15) is 34.4 Å². The molecule has 11 nitrogen and oxygen atoms in total. The molecule has 1 aromatic heterocycles. The number of aliphatic hydroxyl groups excluding tert-OH is 2. The van der Waals surface area contributed by atoms with E-state index in [0.717, 1.165) is 4.57 Å². The van der Waals surface area contributed by atoms with Crippen molar-refractivity contribution in [2.24, 2.45) is 20.0 Å². The Kier molecular flexibility index (Phi) is 8.23. The average molecular weight is 493 g/mol. The molecule has 1 saturated heterocycles. The van der Waals surface area contributed by atoms with Crippen molar-refractivity contribution in [3.05, 3.63) is 32.6 Å². The van der Waals surface area contributed by atoms with Gasteiger partial charge in [0.15, 0.2) is 5.34 Å². The summed E-state index contributed by atoms with van der Waals surface area (Å²) in [5, 5.41) is 30.0. The fraction of sp³-hybridized carbons (Fsp3) is 0.810. The van der Waals surface area contributed by atoms with Gasteiger partial charge < -0.3 is 29.5 Å². The summed E-state index contributed by atoms with van der Waals surface area (Å²) in [5.41, 5.74) is -2.48. The summed E-state index contributed by atoms with van der Waals surface area (Å²) in [5.74, 6) is -0.716. The van der Waals surface area contributed by atoms with E-state index in [1.807, 2.05) is 0 Å². The van der Waals surface area contributed by atoms with E-state index in [1.54, 1.807) is 27.7 Å². The Balaban J connectivity index is 2.46. The lowest BCUT2D eigenvalue weighted by molar-refractivity contribution is -0.105. The summed E-state index contributed by atoms with van der Waals surface area (Å²) in [7, 11) is -1.76. The van der Waals surface area contributed by atoms with Crippen LogP contribution in [0, 0.1) is 5.92 Å². The van der Waals surface area contributed by atoms with E-state index < -0.39 is 60.1 Å². The van der Waals surface area contributed by atoms with Crippen LogP contribution in [0.5, 0.6) is 0 Å². The molecule has 0 aromatic carbocycles.